The van der Waals surface area contributed by atoms with Gasteiger partial charge in [-0.05, 0) is 30.2 Å². The summed E-state index contributed by atoms with van der Waals surface area (Å²) in [7, 11) is -3.65. The molecule has 0 aliphatic heterocycles. The Morgan fingerprint density at radius 3 is 2.33 bits per heavy atom. The van der Waals surface area contributed by atoms with Crippen LogP contribution in [0.3, 0.4) is 0 Å². The molecule has 0 aliphatic carbocycles. The molecule has 118 valence electrons. The fourth-order valence-corrected chi connectivity index (χ4v) is 3.33. The molecule has 1 aromatic carbocycles. The highest BCUT2D eigenvalue weighted by molar-refractivity contribution is 9.10. The highest BCUT2D eigenvalue weighted by Gasteiger charge is 2.25. The number of nitrogens with zero attached hydrogens (tertiary/aromatic N) is 1. The third-order valence-corrected chi connectivity index (χ3v) is 5.30. The number of likely N-dealkylation sites (N-methyl/N-ethyl adjacent to an activating group) is 1. The first-order valence-corrected chi connectivity index (χ1v) is 9.03. The van der Waals surface area contributed by atoms with Crippen LogP contribution >= 0.6 is 15.9 Å². The Bertz CT molecular complexity index is 570. The van der Waals surface area contributed by atoms with Crippen molar-refractivity contribution in [3.63, 3.8) is 0 Å². The molecule has 0 spiro atoms. The molecule has 0 aromatic heterocycles. The molecule has 0 fully saturated rings. The van der Waals surface area contributed by atoms with E-state index in [1.165, 1.54) is 16.4 Å². The Morgan fingerprint density at radius 1 is 1.29 bits per heavy atom. The quantitative estimate of drug-likeness (QED) is 0.793. The number of sulfonamides is 1. The van der Waals surface area contributed by atoms with E-state index in [9.17, 15) is 13.2 Å². The van der Waals surface area contributed by atoms with Gasteiger partial charge in [-0.1, -0.05) is 36.7 Å². The first-order valence-electron chi connectivity index (χ1n) is 6.79. The molecule has 0 heterocycles. The first-order chi connectivity index (χ1) is 9.77. The van der Waals surface area contributed by atoms with Crippen molar-refractivity contribution in [2.75, 3.05) is 19.6 Å². The molecular formula is C14H21BrN2O3S. The Balaban J connectivity index is 2.83. The van der Waals surface area contributed by atoms with Crippen molar-refractivity contribution in [2.24, 2.45) is 5.92 Å². The summed E-state index contributed by atoms with van der Waals surface area (Å²) in [5.74, 6) is 0.0401. The van der Waals surface area contributed by atoms with Crippen LogP contribution in [0.1, 0.15) is 20.8 Å². The lowest BCUT2D eigenvalue weighted by atomic mass is 10.2. The van der Waals surface area contributed by atoms with Crippen molar-refractivity contribution in [2.45, 2.75) is 25.7 Å². The van der Waals surface area contributed by atoms with Gasteiger partial charge < -0.3 is 5.32 Å². The van der Waals surface area contributed by atoms with Gasteiger partial charge in [0.1, 0.15) is 0 Å². The summed E-state index contributed by atoms with van der Waals surface area (Å²) in [6.07, 6.45) is 0. The van der Waals surface area contributed by atoms with Crippen molar-refractivity contribution in [3.8, 4) is 0 Å². The third kappa shape index (κ3) is 5.41. The molecule has 0 aliphatic rings. The van der Waals surface area contributed by atoms with E-state index in [1.807, 2.05) is 13.8 Å². The zero-order valence-electron chi connectivity index (χ0n) is 12.5. The van der Waals surface area contributed by atoms with E-state index in [0.717, 1.165) is 4.47 Å². The predicted molar refractivity (Wildman–Crippen MR) is 86.4 cm³/mol. The van der Waals surface area contributed by atoms with E-state index in [4.69, 9.17) is 0 Å². The minimum atomic E-state index is -3.65. The maximum absolute atomic E-state index is 12.5. The molecule has 1 amide bonds. The molecule has 1 aromatic rings. The number of rotatable bonds is 7. The molecule has 0 unspecified atom stereocenters. The average Bonchev–Trinajstić information content (AvgIpc) is 2.42. The average molecular weight is 377 g/mol. The van der Waals surface area contributed by atoms with Crippen molar-refractivity contribution in [1.29, 1.82) is 0 Å². The van der Waals surface area contributed by atoms with Crippen LogP contribution in [0.25, 0.3) is 0 Å². The van der Waals surface area contributed by atoms with Gasteiger partial charge in [-0.3, -0.25) is 4.79 Å². The second-order valence-corrected chi connectivity index (χ2v) is 7.94. The number of carbonyl (C=O) groups is 1. The van der Waals surface area contributed by atoms with Crippen molar-refractivity contribution in [1.82, 2.24) is 9.62 Å². The van der Waals surface area contributed by atoms with Crippen molar-refractivity contribution < 1.29 is 13.2 Å². The van der Waals surface area contributed by atoms with Crippen LogP contribution in [0.2, 0.25) is 0 Å². The van der Waals surface area contributed by atoms with Crippen LogP contribution in [0, 0.1) is 5.92 Å². The number of halogens is 1. The lowest BCUT2D eigenvalue weighted by Crippen LogP contribution is -2.41. The zero-order chi connectivity index (χ0) is 16.0. The SMILES string of the molecule is CCN(CC(=O)NCC(C)C)S(=O)(=O)c1ccc(Br)cc1. The van der Waals surface area contributed by atoms with Gasteiger partial charge in [0.15, 0.2) is 0 Å². The zero-order valence-corrected chi connectivity index (χ0v) is 14.9. The number of amides is 1. The third-order valence-electron chi connectivity index (χ3n) is 2.83. The van der Waals surface area contributed by atoms with Gasteiger partial charge in [0.2, 0.25) is 15.9 Å². The van der Waals surface area contributed by atoms with Crippen molar-refractivity contribution >= 4 is 31.9 Å². The number of carbonyl (C=O) groups excluding carboxylic acids is 1. The van der Waals surface area contributed by atoms with Gasteiger partial charge >= 0.3 is 0 Å². The number of nitrogens with one attached hydrogen (secondary N) is 1. The van der Waals surface area contributed by atoms with Crippen LogP contribution in [0.15, 0.2) is 33.6 Å². The fourth-order valence-electron chi connectivity index (χ4n) is 1.66. The standard InChI is InChI=1S/C14H21BrN2O3S/c1-4-17(10-14(18)16-9-11(2)3)21(19,20)13-7-5-12(15)6-8-13/h5-8,11H,4,9-10H2,1-3H3,(H,16,18). The summed E-state index contributed by atoms with van der Waals surface area (Å²) in [5.41, 5.74) is 0. The molecule has 1 N–H and O–H groups in total. The second-order valence-electron chi connectivity index (χ2n) is 5.08. The molecule has 0 saturated heterocycles. The van der Waals surface area contributed by atoms with E-state index in [1.54, 1.807) is 19.1 Å². The summed E-state index contributed by atoms with van der Waals surface area (Å²) >= 11 is 3.27. The Morgan fingerprint density at radius 2 is 1.86 bits per heavy atom. The Labute approximate surface area is 134 Å². The number of hydrogen-bond donors (Lipinski definition) is 1. The second kappa shape index (κ2) is 7.91. The minimum Gasteiger partial charge on any atom is -0.355 e. The van der Waals surface area contributed by atoms with Crippen LogP contribution in [0.5, 0.6) is 0 Å². The molecule has 0 saturated carbocycles. The maximum atomic E-state index is 12.5. The lowest BCUT2D eigenvalue weighted by Gasteiger charge is -2.20. The number of benzene rings is 1. The predicted octanol–water partition coefficient (Wildman–Crippen LogP) is 2.23. The molecule has 7 heteroatoms. The minimum absolute atomic E-state index is 0.165. The Kier molecular flexibility index (Phi) is 6.83. The van der Waals surface area contributed by atoms with E-state index in [-0.39, 0.29) is 23.9 Å². The van der Waals surface area contributed by atoms with Crippen LogP contribution in [-0.4, -0.2) is 38.3 Å². The summed E-state index contributed by atoms with van der Waals surface area (Å²) < 4.78 is 26.9. The first kappa shape index (κ1) is 18.1. The smallest absolute Gasteiger partial charge is 0.243 e. The van der Waals surface area contributed by atoms with Gasteiger partial charge in [0.05, 0.1) is 11.4 Å². The molecular weight excluding hydrogens is 356 g/mol. The Hall–Kier alpha value is -0.920. The van der Waals surface area contributed by atoms with Gasteiger partial charge in [0, 0.05) is 17.6 Å². The molecule has 1 rings (SSSR count). The van der Waals surface area contributed by atoms with Gasteiger partial charge in [-0.25, -0.2) is 8.42 Å². The highest BCUT2D eigenvalue weighted by Crippen LogP contribution is 2.18. The summed E-state index contributed by atoms with van der Waals surface area (Å²) in [6, 6.07) is 6.38. The lowest BCUT2D eigenvalue weighted by molar-refractivity contribution is -0.121. The molecule has 0 bridgehead atoms. The molecule has 0 atom stereocenters. The van der Waals surface area contributed by atoms with E-state index in [2.05, 4.69) is 21.2 Å². The van der Waals surface area contributed by atoms with Crippen LogP contribution < -0.4 is 5.32 Å². The summed E-state index contributed by atoms with van der Waals surface area (Å²) in [6.45, 7) is 6.29. The van der Waals surface area contributed by atoms with Gasteiger partial charge in [-0.15, -0.1) is 0 Å². The maximum Gasteiger partial charge on any atom is 0.243 e. The molecule has 21 heavy (non-hydrogen) atoms. The fraction of sp³-hybridized carbons (Fsp3) is 0.500. The van der Waals surface area contributed by atoms with Crippen LogP contribution in [0.4, 0.5) is 0 Å². The normalized spacial score (nSPS) is 11.9. The topological polar surface area (TPSA) is 66.5 Å². The van der Waals surface area contributed by atoms with Gasteiger partial charge in [-0.2, -0.15) is 4.31 Å². The largest absolute Gasteiger partial charge is 0.355 e. The molecule has 5 nitrogen and oxygen atoms in total. The molecule has 0 radical (unpaired) electrons. The summed E-state index contributed by atoms with van der Waals surface area (Å²) in [4.78, 5) is 12.0. The van der Waals surface area contributed by atoms with Crippen molar-refractivity contribution in [3.05, 3.63) is 28.7 Å². The van der Waals surface area contributed by atoms with E-state index in [0.29, 0.717) is 12.5 Å². The van der Waals surface area contributed by atoms with Gasteiger partial charge in [0.25, 0.3) is 0 Å². The highest BCUT2D eigenvalue weighted by atomic mass is 79.9. The van der Waals surface area contributed by atoms with Crippen LogP contribution in [-0.2, 0) is 14.8 Å². The number of hydrogen-bond acceptors (Lipinski definition) is 3. The van der Waals surface area contributed by atoms with E-state index >= 15 is 0 Å². The monoisotopic (exact) mass is 376 g/mol. The summed E-state index contributed by atoms with van der Waals surface area (Å²) in [5, 5.41) is 2.73. The van der Waals surface area contributed by atoms with E-state index < -0.39 is 10.0 Å².